The molecule has 4 heteroatoms. The summed E-state index contributed by atoms with van der Waals surface area (Å²) in [4.78, 5) is 15.2. The average molecular weight is 232 g/mol. The van der Waals surface area contributed by atoms with Crippen LogP contribution in [0.2, 0.25) is 0 Å². The molecule has 82 valence electrons. The van der Waals surface area contributed by atoms with Gasteiger partial charge in [0, 0.05) is 17.9 Å². The molecule has 1 amide bonds. The van der Waals surface area contributed by atoms with Crippen molar-refractivity contribution in [3.05, 3.63) is 35.2 Å². The number of amides is 1. The van der Waals surface area contributed by atoms with Crippen molar-refractivity contribution in [3.63, 3.8) is 0 Å². The molecule has 0 saturated heterocycles. The number of thiazole rings is 1. The first kappa shape index (κ1) is 10.8. The number of aromatic nitrogens is 1. The van der Waals surface area contributed by atoms with E-state index >= 15 is 0 Å². The zero-order valence-electron chi connectivity index (χ0n) is 9.15. The molecule has 0 fully saturated rings. The number of nitrogens with one attached hydrogen (secondary N) is 1. The number of carbonyl (C=O) groups excluding carboxylic acids is 1. The monoisotopic (exact) mass is 232 g/mol. The Labute approximate surface area is 98.2 Å². The first-order chi connectivity index (χ1) is 7.65. The van der Waals surface area contributed by atoms with Gasteiger partial charge in [-0.3, -0.25) is 4.79 Å². The highest BCUT2D eigenvalue weighted by Gasteiger charge is 2.05. The van der Waals surface area contributed by atoms with E-state index in [4.69, 9.17) is 0 Å². The minimum atomic E-state index is -0.0962. The number of nitrogens with zero attached hydrogens (tertiary/aromatic N) is 1. The molecule has 1 aromatic carbocycles. The molecular weight excluding hydrogens is 220 g/mol. The van der Waals surface area contributed by atoms with Crippen LogP contribution in [0.15, 0.2) is 29.6 Å². The van der Waals surface area contributed by atoms with Gasteiger partial charge in [0.2, 0.25) is 5.91 Å². The van der Waals surface area contributed by atoms with Crippen LogP contribution >= 0.6 is 11.3 Å². The van der Waals surface area contributed by atoms with Gasteiger partial charge >= 0.3 is 0 Å². The molecule has 0 spiro atoms. The summed E-state index contributed by atoms with van der Waals surface area (Å²) in [5, 5.41) is 5.44. The number of carbonyl (C=O) groups is 1. The quantitative estimate of drug-likeness (QED) is 0.864. The number of rotatable bonds is 2. The topological polar surface area (TPSA) is 42.0 Å². The van der Waals surface area contributed by atoms with Crippen LogP contribution in [0.25, 0.3) is 10.6 Å². The Morgan fingerprint density at radius 2 is 2.25 bits per heavy atom. The number of hydrogen-bond donors (Lipinski definition) is 1. The molecule has 0 bridgehead atoms. The highest BCUT2D eigenvalue weighted by atomic mass is 32.1. The van der Waals surface area contributed by atoms with Crippen molar-refractivity contribution < 1.29 is 4.79 Å². The summed E-state index contributed by atoms with van der Waals surface area (Å²) in [5.41, 5.74) is 2.29. The lowest BCUT2D eigenvalue weighted by Gasteiger charge is -1.97. The van der Waals surface area contributed by atoms with E-state index in [0.29, 0.717) is 5.82 Å². The number of hydrogen-bond acceptors (Lipinski definition) is 3. The molecule has 16 heavy (non-hydrogen) atoms. The summed E-state index contributed by atoms with van der Waals surface area (Å²) >= 11 is 1.53. The predicted octanol–water partition coefficient (Wildman–Crippen LogP) is 3.08. The minimum Gasteiger partial charge on any atom is -0.310 e. The third-order valence-electron chi connectivity index (χ3n) is 2.07. The second-order valence-electron chi connectivity index (χ2n) is 3.59. The van der Waals surface area contributed by atoms with E-state index in [1.54, 1.807) is 0 Å². The smallest absolute Gasteiger partial charge is 0.222 e. The van der Waals surface area contributed by atoms with Crippen molar-refractivity contribution in [2.75, 3.05) is 5.32 Å². The van der Waals surface area contributed by atoms with Gasteiger partial charge in [0.25, 0.3) is 0 Å². The van der Waals surface area contributed by atoms with Crippen molar-refractivity contribution in [2.45, 2.75) is 13.8 Å². The van der Waals surface area contributed by atoms with E-state index in [1.165, 1.54) is 23.8 Å². The molecule has 0 unspecified atom stereocenters. The first-order valence-electron chi connectivity index (χ1n) is 4.95. The Kier molecular flexibility index (Phi) is 3.01. The lowest BCUT2D eigenvalue weighted by molar-refractivity contribution is -0.114. The molecule has 2 aromatic rings. The van der Waals surface area contributed by atoms with Crippen molar-refractivity contribution in [2.24, 2.45) is 0 Å². The molecule has 1 heterocycles. The van der Waals surface area contributed by atoms with Crippen LogP contribution in [-0.2, 0) is 4.79 Å². The maximum atomic E-state index is 10.9. The summed E-state index contributed by atoms with van der Waals surface area (Å²) in [5.74, 6) is 0.523. The lowest BCUT2D eigenvalue weighted by Crippen LogP contribution is -2.05. The second kappa shape index (κ2) is 4.45. The van der Waals surface area contributed by atoms with E-state index in [9.17, 15) is 4.79 Å². The van der Waals surface area contributed by atoms with Crippen molar-refractivity contribution in [1.29, 1.82) is 0 Å². The SMILES string of the molecule is CC(=O)Nc1csc(-c2cccc(C)c2)n1. The number of benzene rings is 1. The van der Waals surface area contributed by atoms with Crippen LogP contribution in [0.3, 0.4) is 0 Å². The van der Waals surface area contributed by atoms with Crippen molar-refractivity contribution in [3.8, 4) is 10.6 Å². The molecule has 0 radical (unpaired) electrons. The van der Waals surface area contributed by atoms with Gasteiger partial charge < -0.3 is 5.32 Å². The van der Waals surface area contributed by atoms with Crippen LogP contribution in [0.1, 0.15) is 12.5 Å². The van der Waals surface area contributed by atoms with Gasteiger partial charge in [0.05, 0.1) is 0 Å². The first-order valence-corrected chi connectivity index (χ1v) is 5.83. The molecule has 0 atom stereocenters. The predicted molar refractivity (Wildman–Crippen MR) is 66.6 cm³/mol. The van der Waals surface area contributed by atoms with Crippen LogP contribution in [0.5, 0.6) is 0 Å². The number of anilines is 1. The van der Waals surface area contributed by atoms with Crippen molar-refractivity contribution in [1.82, 2.24) is 4.98 Å². The van der Waals surface area contributed by atoms with Crippen LogP contribution in [0.4, 0.5) is 5.82 Å². The third kappa shape index (κ3) is 2.46. The zero-order chi connectivity index (χ0) is 11.5. The van der Waals surface area contributed by atoms with E-state index in [-0.39, 0.29) is 5.91 Å². The highest BCUT2D eigenvalue weighted by molar-refractivity contribution is 7.13. The van der Waals surface area contributed by atoms with Gasteiger partial charge in [-0.25, -0.2) is 4.98 Å². The van der Waals surface area contributed by atoms with E-state index in [2.05, 4.69) is 16.4 Å². The van der Waals surface area contributed by atoms with Gasteiger partial charge in [-0.05, 0) is 13.0 Å². The largest absolute Gasteiger partial charge is 0.310 e. The normalized spacial score (nSPS) is 10.1. The lowest BCUT2D eigenvalue weighted by atomic mass is 10.1. The number of aryl methyl sites for hydroxylation is 1. The summed E-state index contributed by atoms with van der Waals surface area (Å²) in [7, 11) is 0. The van der Waals surface area contributed by atoms with Gasteiger partial charge in [0.15, 0.2) is 0 Å². The fourth-order valence-electron chi connectivity index (χ4n) is 1.42. The van der Waals surface area contributed by atoms with Gasteiger partial charge in [0.1, 0.15) is 10.8 Å². The van der Waals surface area contributed by atoms with Gasteiger partial charge in [-0.1, -0.05) is 23.8 Å². The summed E-state index contributed by atoms with van der Waals surface area (Å²) < 4.78 is 0. The minimum absolute atomic E-state index is 0.0962. The van der Waals surface area contributed by atoms with Crippen LogP contribution in [-0.4, -0.2) is 10.9 Å². The Bertz CT molecular complexity index is 519. The maximum Gasteiger partial charge on any atom is 0.222 e. The van der Waals surface area contributed by atoms with E-state index < -0.39 is 0 Å². The molecule has 1 N–H and O–H groups in total. The molecule has 0 aliphatic carbocycles. The van der Waals surface area contributed by atoms with E-state index in [0.717, 1.165) is 10.6 Å². The molecule has 0 aliphatic rings. The Hall–Kier alpha value is -1.68. The zero-order valence-corrected chi connectivity index (χ0v) is 9.97. The van der Waals surface area contributed by atoms with E-state index in [1.807, 2.05) is 30.5 Å². The molecule has 3 nitrogen and oxygen atoms in total. The molecular formula is C12H12N2OS. The fourth-order valence-corrected chi connectivity index (χ4v) is 2.17. The maximum absolute atomic E-state index is 10.9. The summed E-state index contributed by atoms with van der Waals surface area (Å²) in [6, 6.07) is 8.15. The summed E-state index contributed by atoms with van der Waals surface area (Å²) in [6.45, 7) is 3.53. The Morgan fingerprint density at radius 3 is 2.94 bits per heavy atom. The Balaban J connectivity index is 2.28. The van der Waals surface area contributed by atoms with Crippen LogP contribution in [0, 0.1) is 6.92 Å². The molecule has 1 aromatic heterocycles. The van der Waals surface area contributed by atoms with Crippen LogP contribution < -0.4 is 5.32 Å². The van der Waals surface area contributed by atoms with Gasteiger partial charge in [-0.15, -0.1) is 11.3 Å². The third-order valence-corrected chi connectivity index (χ3v) is 2.96. The standard InChI is InChI=1S/C12H12N2OS/c1-8-4-3-5-10(6-8)12-14-11(7-16-12)13-9(2)15/h3-7H,1-2H3,(H,13,15). The fraction of sp³-hybridized carbons (Fsp3) is 0.167. The molecule has 2 rings (SSSR count). The van der Waals surface area contributed by atoms with Gasteiger partial charge in [-0.2, -0.15) is 0 Å². The average Bonchev–Trinajstić information content (AvgIpc) is 2.65. The Morgan fingerprint density at radius 1 is 1.44 bits per heavy atom. The summed E-state index contributed by atoms with van der Waals surface area (Å²) in [6.07, 6.45) is 0. The molecule has 0 saturated carbocycles. The second-order valence-corrected chi connectivity index (χ2v) is 4.45. The highest BCUT2D eigenvalue weighted by Crippen LogP contribution is 2.26. The van der Waals surface area contributed by atoms with Crippen molar-refractivity contribution >= 4 is 23.1 Å². The molecule has 0 aliphatic heterocycles.